The molecule has 4 heteroatoms. The lowest BCUT2D eigenvalue weighted by molar-refractivity contribution is 0.350. The molecule has 0 aliphatic rings. The van der Waals surface area contributed by atoms with Crippen LogP contribution in [0.3, 0.4) is 0 Å². The summed E-state index contributed by atoms with van der Waals surface area (Å²) in [4.78, 5) is 0. The summed E-state index contributed by atoms with van der Waals surface area (Å²) in [5.74, 6) is 1.20. The van der Waals surface area contributed by atoms with E-state index in [1.54, 1.807) is 26.4 Å². The molecule has 0 fully saturated rings. The molecule has 2 aromatic carbocycles. The smallest absolute Gasteiger partial charge is 0.165 e. The Kier molecular flexibility index (Phi) is 5.17. The minimum atomic E-state index is -0.222. The predicted molar refractivity (Wildman–Crippen MR) is 81.2 cm³/mol. The Morgan fingerprint density at radius 3 is 2.52 bits per heavy atom. The summed E-state index contributed by atoms with van der Waals surface area (Å²) in [6.45, 7) is 2.61. The first-order valence-electron chi connectivity index (χ1n) is 6.84. The van der Waals surface area contributed by atoms with Crippen LogP contribution in [0.2, 0.25) is 0 Å². The van der Waals surface area contributed by atoms with Crippen LogP contribution in [0.4, 0.5) is 4.39 Å². The minimum Gasteiger partial charge on any atom is -0.493 e. The second-order valence-electron chi connectivity index (χ2n) is 4.81. The first-order chi connectivity index (χ1) is 10.2. The maximum Gasteiger partial charge on any atom is 0.165 e. The van der Waals surface area contributed by atoms with Gasteiger partial charge >= 0.3 is 0 Å². The predicted octanol–water partition coefficient (Wildman–Crippen LogP) is 3.69. The van der Waals surface area contributed by atoms with E-state index in [0.29, 0.717) is 12.3 Å². The fourth-order valence-corrected chi connectivity index (χ4v) is 2.25. The Morgan fingerprint density at radius 1 is 1.10 bits per heavy atom. The third kappa shape index (κ3) is 3.73. The third-order valence-electron chi connectivity index (χ3n) is 3.43. The van der Waals surface area contributed by atoms with E-state index in [0.717, 1.165) is 16.9 Å². The average Bonchev–Trinajstić information content (AvgIpc) is 2.51. The lowest BCUT2D eigenvalue weighted by Gasteiger charge is -2.17. The normalized spacial score (nSPS) is 12.0. The summed E-state index contributed by atoms with van der Waals surface area (Å²) >= 11 is 0. The molecule has 2 rings (SSSR count). The van der Waals surface area contributed by atoms with Crippen LogP contribution in [0.5, 0.6) is 11.5 Å². The molecule has 0 spiro atoms. The fourth-order valence-electron chi connectivity index (χ4n) is 2.25. The van der Waals surface area contributed by atoms with Crippen molar-refractivity contribution in [3.05, 3.63) is 59.4 Å². The van der Waals surface area contributed by atoms with Crippen molar-refractivity contribution in [2.45, 2.75) is 19.5 Å². The van der Waals surface area contributed by atoms with Crippen molar-refractivity contribution in [2.24, 2.45) is 0 Å². The van der Waals surface area contributed by atoms with Gasteiger partial charge in [-0.15, -0.1) is 0 Å². The number of halogens is 1. The van der Waals surface area contributed by atoms with E-state index in [1.807, 2.05) is 31.2 Å². The summed E-state index contributed by atoms with van der Waals surface area (Å²) in [7, 11) is 3.24. The molecule has 21 heavy (non-hydrogen) atoms. The molecular weight excluding hydrogens is 269 g/mol. The van der Waals surface area contributed by atoms with Crippen LogP contribution in [0, 0.1) is 5.82 Å². The van der Waals surface area contributed by atoms with Gasteiger partial charge in [-0.2, -0.15) is 0 Å². The quantitative estimate of drug-likeness (QED) is 0.879. The Morgan fingerprint density at radius 2 is 1.86 bits per heavy atom. The number of rotatable bonds is 6. The number of benzene rings is 2. The molecule has 0 aliphatic heterocycles. The van der Waals surface area contributed by atoms with Crippen LogP contribution in [0.1, 0.15) is 24.1 Å². The molecule has 0 saturated carbocycles. The van der Waals surface area contributed by atoms with Gasteiger partial charge in [0.25, 0.3) is 0 Å². The fraction of sp³-hybridized carbons (Fsp3) is 0.294. The minimum absolute atomic E-state index is 0.0385. The largest absolute Gasteiger partial charge is 0.493 e. The zero-order valence-corrected chi connectivity index (χ0v) is 12.5. The highest BCUT2D eigenvalue weighted by Crippen LogP contribution is 2.30. The van der Waals surface area contributed by atoms with Crippen molar-refractivity contribution >= 4 is 0 Å². The first-order valence-corrected chi connectivity index (χ1v) is 6.84. The van der Waals surface area contributed by atoms with Crippen molar-refractivity contribution < 1.29 is 13.9 Å². The highest BCUT2D eigenvalue weighted by Gasteiger charge is 2.11. The second-order valence-corrected chi connectivity index (χ2v) is 4.81. The lowest BCUT2D eigenvalue weighted by Crippen LogP contribution is -2.18. The van der Waals surface area contributed by atoms with Crippen LogP contribution in [0.25, 0.3) is 0 Å². The number of hydrogen-bond donors (Lipinski definition) is 1. The maximum atomic E-state index is 13.2. The van der Waals surface area contributed by atoms with Gasteiger partial charge in [0.05, 0.1) is 14.2 Å². The first kappa shape index (κ1) is 15.3. The number of ether oxygens (including phenoxy) is 2. The van der Waals surface area contributed by atoms with E-state index in [-0.39, 0.29) is 11.9 Å². The Bertz CT molecular complexity index is 601. The van der Waals surface area contributed by atoms with Crippen molar-refractivity contribution in [3.63, 3.8) is 0 Å². The van der Waals surface area contributed by atoms with Crippen molar-refractivity contribution in [1.82, 2.24) is 5.32 Å². The van der Waals surface area contributed by atoms with Crippen molar-refractivity contribution in [2.75, 3.05) is 14.2 Å². The van der Waals surface area contributed by atoms with E-state index < -0.39 is 0 Å². The zero-order valence-electron chi connectivity index (χ0n) is 12.5. The molecular formula is C17H20FNO2. The zero-order chi connectivity index (χ0) is 15.2. The van der Waals surface area contributed by atoms with Crippen molar-refractivity contribution in [1.29, 1.82) is 0 Å². The maximum absolute atomic E-state index is 13.2. The van der Waals surface area contributed by atoms with Gasteiger partial charge in [0.15, 0.2) is 11.5 Å². The molecule has 0 amide bonds. The lowest BCUT2D eigenvalue weighted by atomic mass is 10.1. The van der Waals surface area contributed by atoms with Crippen LogP contribution in [-0.4, -0.2) is 14.2 Å². The topological polar surface area (TPSA) is 30.5 Å². The molecule has 0 aliphatic carbocycles. The van der Waals surface area contributed by atoms with E-state index in [4.69, 9.17) is 9.47 Å². The summed E-state index contributed by atoms with van der Waals surface area (Å²) in [6.07, 6.45) is 0. The highest BCUT2D eigenvalue weighted by molar-refractivity contribution is 5.46. The molecule has 3 nitrogen and oxygen atoms in total. The van der Waals surface area contributed by atoms with Crippen LogP contribution in [-0.2, 0) is 6.54 Å². The molecule has 0 heterocycles. The molecule has 2 aromatic rings. The van der Waals surface area contributed by atoms with Gasteiger partial charge in [-0.3, -0.25) is 0 Å². The Hall–Kier alpha value is -2.07. The second kappa shape index (κ2) is 7.09. The molecule has 0 aromatic heterocycles. The molecule has 112 valence electrons. The van der Waals surface area contributed by atoms with Gasteiger partial charge in [-0.25, -0.2) is 4.39 Å². The van der Waals surface area contributed by atoms with Gasteiger partial charge in [-0.1, -0.05) is 24.3 Å². The average molecular weight is 289 g/mol. The molecule has 0 radical (unpaired) electrons. The van der Waals surface area contributed by atoms with Gasteiger partial charge in [0.2, 0.25) is 0 Å². The molecule has 1 N–H and O–H groups in total. The number of hydrogen-bond acceptors (Lipinski definition) is 3. The number of para-hydroxylation sites is 1. The Labute approximate surface area is 124 Å². The summed E-state index contributed by atoms with van der Waals surface area (Å²) in [5, 5.41) is 3.37. The standard InChI is InChI=1S/C17H20FNO2/c1-12(13-6-4-8-15(18)10-13)19-11-14-7-5-9-16(20-2)17(14)21-3/h4-10,12,19H,11H2,1-3H3. The summed E-state index contributed by atoms with van der Waals surface area (Å²) in [5.41, 5.74) is 1.91. The van der Waals surface area contributed by atoms with Crippen LogP contribution >= 0.6 is 0 Å². The van der Waals surface area contributed by atoms with Crippen molar-refractivity contribution in [3.8, 4) is 11.5 Å². The van der Waals surface area contributed by atoms with Gasteiger partial charge in [-0.05, 0) is 30.7 Å². The molecule has 0 saturated heterocycles. The van der Waals surface area contributed by atoms with E-state index >= 15 is 0 Å². The SMILES string of the molecule is COc1cccc(CNC(C)c2cccc(F)c2)c1OC. The molecule has 1 unspecified atom stereocenters. The van der Waals surface area contributed by atoms with Gasteiger partial charge in [0, 0.05) is 18.2 Å². The highest BCUT2D eigenvalue weighted by atomic mass is 19.1. The molecule has 1 atom stereocenters. The number of nitrogens with one attached hydrogen (secondary N) is 1. The van der Waals surface area contributed by atoms with Gasteiger partial charge < -0.3 is 14.8 Å². The van der Waals surface area contributed by atoms with E-state index in [2.05, 4.69) is 5.32 Å². The molecule has 0 bridgehead atoms. The third-order valence-corrected chi connectivity index (χ3v) is 3.43. The van der Waals surface area contributed by atoms with Crippen LogP contribution < -0.4 is 14.8 Å². The summed E-state index contributed by atoms with van der Waals surface area (Å²) < 4.78 is 23.9. The van der Waals surface area contributed by atoms with Crippen LogP contribution in [0.15, 0.2) is 42.5 Å². The monoisotopic (exact) mass is 289 g/mol. The van der Waals surface area contributed by atoms with E-state index in [1.165, 1.54) is 6.07 Å². The Balaban J connectivity index is 2.09. The summed E-state index contributed by atoms with van der Waals surface area (Å²) in [6, 6.07) is 12.4. The van der Waals surface area contributed by atoms with E-state index in [9.17, 15) is 4.39 Å². The number of methoxy groups -OCH3 is 2. The van der Waals surface area contributed by atoms with Gasteiger partial charge in [0.1, 0.15) is 5.82 Å².